The van der Waals surface area contributed by atoms with Crippen molar-refractivity contribution in [3.63, 3.8) is 0 Å². The van der Waals surface area contributed by atoms with Gasteiger partial charge in [-0.25, -0.2) is 0 Å². The van der Waals surface area contributed by atoms with Gasteiger partial charge in [0.05, 0.1) is 0 Å². The molecule has 0 saturated heterocycles. The van der Waals surface area contributed by atoms with Gasteiger partial charge in [-0.2, -0.15) is 0 Å². The molecule has 0 nitrogen and oxygen atoms in total. The van der Waals surface area contributed by atoms with Crippen LogP contribution in [0.3, 0.4) is 0 Å². The third-order valence-corrected chi connectivity index (χ3v) is 6.24. The van der Waals surface area contributed by atoms with E-state index in [0.29, 0.717) is 0 Å². The Morgan fingerprint density at radius 3 is 0.941 bits per heavy atom. The SMILES string of the molecule is CCC[CH]([Sn+3])CC.CCC[CH]([Sn+3])CC.[S-2].[S-2].[S-2]. The van der Waals surface area contributed by atoms with Crippen LogP contribution in [0.5, 0.6) is 0 Å². The second kappa shape index (κ2) is 27.1. The second-order valence-electron chi connectivity index (χ2n) is 3.79. The quantitative estimate of drug-likeness (QED) is 0.474. The fourth-order valence-corrected chi connectivity index (χ4v) is 2.75. The van der Waals surface area contributed by atoms with E-state index in [1.54, 1.807) is 45.0 Å². The molecule has 2 atom stereocenters. The summed E-state index contributed by atoms with van der Waals surface area (Å²) in [6.07, 6.45) is 8.37. The first-order valence-electron chi connectivity index (χ1n) is 6.04. The third-order valence-electron chi connectivity index (χ3n) is 2.26. The first-order chi connectivity index (χ1) is 6.62. The average Bonchev–Trinajstić information content (AvgIpc) is 2.19. The molecule has 0 spiro atoms. The summed E-state index contributed by atoms with van der Waals surface area (Å²) < 4.78 is 2.08. The van der Waals surface area contributed by atoms with Gasteiger partial charge in [0.25, 0.3) is 0 Å². The molecule has 0 fully saturated rings. The molecule has 0 radical (unpaired) electrons. The van der Waals surface area contributed by atoms with E-state index in [-0.39, 0.29) is 40.5 Å². The van der Waals surface area contributed by atoms with Gasteiger partial charge in [-0.05, 0) is 0 Å². The summed E-state index contributed by atoms with van der Waals surface area (Å²) in [5.41, 5.74) is 0. The molecule has 0 aliphatic heterocycles. The molecule has 0 aliphatic carbocycles. The molecule has 2 unspecified atom stereocenters. The van der Waals surface area contributed by atoms with Gasteiger partial charge in [0.2, 0.25) is 0 Å². The summed E-state index contributed by atoms with van der Waals surface area (Å²) in [4.78, 5) is 0. The molecule has 0 aromatic rings. The fraction of sp³-hybridized carbons (Fsp3) is 1.00. The van der Waals surface area contributed by atoms with Gasteiger partial charge in [0.1, 0.15) is 0 Å². The summed E-state index contributed by atoms with van der Waals surface area (Å²) in [6.45, 7) is 9.06. The number of hydrogen-bond acceptors (Lipinski definition) is 0. The maximum atomic E-state index is 2.27. The van der Waals surface area contributed by atoms with E-state index in [0.717, 1.165) is 7.87 Å². The molecule has 0 N–H and O–H groups in total. The summed E-state index contributed by atoms with van der Waals surface area (Å²) in [5.74, 6) is 0. The van der Waals surface area contributed by atoms with Crippen LogP contribution in [-0.2, 0) is 40.5 Å². The van der Waals surface area contributed by atoms with Crippen LogP contribution in [-0.4, -0.2) is 45.0 Å². The predicted molar refractivity (Wildman–Crippen MR) is 91.5 cm³/mol. The van der Waals surface area contributed by atoms with Crippen molar-refractivity contribution in [2.24, 2.45) is 0 Å². The Morgan fingerprint density at radius 2 is 0.882 bits per heavy atom. The first kappa shape index (κ1) is 31.8. The minimum absolute atomic E-state index is 0. The van der Waals surface area contributed by atoms with Crippen molar-refractivity contribution in [1.82, 2.24) is 0 Å². The molecule has 0 saturated carbocycles. The van der Waals surface area contributed by atoms with Crippen molar-refractivity contribution in [3.05, 3.63) is 0 Å². The van der Waals surface area contributed by atoms with Crippen LogP contribution in [0.15, 0.2) is 0 Å². The Kier molecular flexibility index (Phi) is 50.7. The normalized spacial score (nSPS) is 11.8. The van der Waals surface area contributed by atoms with Crippen LogP contribution in [0.4, 0.5) is 0 Å². The summed E-state index contributed by atoms with van der Waals surface area (Å²) in [7, 11) is 0. The van der Waals surface area contributed by atoms with Gasteiger partial charge in [-0.3, -0.25) is 0 Å². The van der Waals surface area contributed by atoms with Crippen molar-refractivity contribution < 1.29 is 0 Å². The molecule has 100 valence electrons. The molecular formula is C12H26S3Sn2. The molecule has 0 aromatic carbocycles. The monoisotopic (exact) mass is 506 g/mol. The Morgan fingerprint density at radius 1 is 0.647 bits per heavy atom. The van der Waals surface area contributed by atoms with Crippen LogP contribution in [0, 0.1) is 0 Å². The van der Waals surface area contributed by atoms with Crippen molar-refractivity contribution in [2.45, 2.75) is 74.1 Å². The van der Waals surface area contributed by atoms with E-state index in [2.05, 4.69) is 27.7 Å². The zero-order valence-electron chi connectivity index (χ0n) is 11.6. The largest absolute Gasteiger partial charge is 2.00 e. The minimum Gasteiger partial charge on any atom is -2.00 e. The van der Waals surface area contributed by atoms with Crippen LogP contribution in [0.25, 0.3) is 0 Å². The summed E-state index contributed by atoms with van der Waals surface area (Å²) in [6, 6.07) is 0. The summed E-state index contributed by atoms with van der Waals surface area (Å²) in [5, 5.41) is 0. The molecule has 0 rings (SSSR count). The molecule has 0 heterocycles. The Hall–Kier alpha value is 2.65. The minimum atomic E-state index is 0. The third kappa shape index (κ3) is 32.3. The summed E-state index contributed by atoms with van der Waals surface area (Å²) >= 11 is 3.44. The van der Waals surface area contributed by atoms with Crippen molar-refractivity contribution in [1.29, 1.82) is 0 Å². The van der Waals surface area contributed by atoms with Crippen LogP contribution in [0.2, 0.25) is 7.87 Å². The topological polar surface area (TPSA) is 0 Å². The first-order valence-corrected chi connectivity index (χ1v) is 9.33. The standard InChI is InChI=1S/2C6H13.3S.2Sn/c2*1-3-5-6-4-2;;;;;/h2*5H,3-4,6H2,1-2H3;;;;;/q;;3*-2;2*+3. The maximum absolute atomic E-state index is 2.27. The van der Waals surface area contributed by atoms with E-state index in [4.69, 9.17) is 0 Å². The van der Waals surface area contributed by atoms with E-state index < -0.39 is 0 Å². The molecule has 0 aliphatic rings. The van der Waals surface area contributed by atoms with Crippen LogP contribution < -0.4 is 0 Å². The van der Waals surface area contributed by atoms with Crippen molar-refractivity contribution >= 4 is 85.5 Å². The molecule has 17 heavy (non-hydrogen) atoms. The van der Waals surface area contributed by atoms with Crippen molar-refractivity contribution in [2.75, 3.05) is 0 Å². The van der Waals surface area contributed by atoms with Crippen LogP contribution >= 0.6 is 0 Å². The maximum Gasteiger partial charge on any atom is -2.00 e. The van der Waals surface area contributed by atoms with E-state index >= 15 is 0 Å². The van der Waals surface area contributed by atoms with Crippen molar-refractivity contribution in [3.8, 4) is 0 Å². The number of rotatable bonds is 6. The van der Waals surface area contributed by atoms with E-state index in [1.165, 1.54) is 38.5 Å². The van der Waals surface area contributed by atoms with Gasteiger partial charge < -0.3 is 40.5 Å². The molecule has 0 aromatic heterocycles. The fourth-order valence-electron chi connectivity index (χ4n) is 1.11. The van der Waals surface area contributed by atoms with Gasteiger partial charge in [-0.15, -0.1) is 0 Å². The van der Waals surface area contributed by atoms with Gasteiger partial charge in [0.15, 0.2) is 0 Å². The molecular weight excluding hydrogens is 478 g/mol. The smallest absolute Gasteiger partial charge is 2.00 e. The molecule has 5 heteroatoms. The van der Waals surface area contributed by atoms with E-state index in [1.807, 2.05) is 0 Å². The number of hydrogen-bond donors (Lipinski definition) is 0. The average molecular weight is 504 g/mol. The Labute approximate surface area is 158 Å². The molecule has 0 bridgehead atoms. The predicted octanol–water partition coefficient (Wildman–Crippen LogP) is 4.30. The zero-order chi connectivity index (χ0) is 11.4. The van der Waals surface area contributed by atoms with Crippen LogP contribution in [0.1, 0.15) is 66.2 Å². The second-order valence-corrected chi connectivity index (χ2v) is 8.45. The van der Waals surface area contributed by atoms with E-state index in [9.17, 15) is 0 Å². The van der Waals surface area contributed by atoms with Gasteiger partial charge >= 0.3 is 119 Å². The Balaban J connectivity index is -0.0000000480. The van der Waals surface area contributed by atoms with Gasteiger partial charge in [-0.1, -0.05) is 0 Å². The van der Waals surface area contributed by atoms with Gasteiger partial charge in [0, 0.05) is 0 Å². The Bertz CT molecular complexity index is 93.8. The zero-order valence-corrected chi connectivity index (χ0v) is 19.8. The molecule has 0 amide bonds.